The summed E-state index contributed by atoms with van der Waals surface area (Å²) in [4.78, 5) is 0.204. The molecule has 2 aromatic rings. The number of nitrogens with two attached hydrogens (primary N) is 1. The Morgan fingerprint density at radius 3 is 2.29 bits per heavy atom. The van der Waals surface area contributed by atoms with E-state index >= 15 is 0 Å². The van der Waals surface area contributed by atoms with Crippen molar-refractivity contribution in [1.82, 2.24) is 0 Å². The molecule has 0 spiro atoms. The molecular weight excluding hydrogens is 286 g/mol. The number of rotatable bonds is 6. The number of para-hydroxylation sites is 1. The zero-order chi connectivity index (χ0) is 15.3. The van der Waals surface area contributed by atoms with Gasteiger partial charge >= 0.3 is 0 Å². The van der Waals surface area contributed by atoms with Gasteiger partial charge < -0.3 is 10.5 Å². The van der Waals surface area contributed by atoms with Crippen LogP contribution in [0.1, 0.15) is 17.2 Å². The van der Waals surface area contributed by atoms with Gasteiger partial charge in [-0.3, -0.25) is 0 Å². The zero-order valence-electron chi connectivity index (χ0n) is 11.9. The van der Waals surface area contributed by atoms with Crippen LogP contribution < -0.4 is 10.5 Å². The zero-order valence-corrected chi connectivity index (χ0v) is 12.7. The van der Waals surface area contributed by atoms with E-state index in [0.29, 0.717) is 18.7 Å². The first-order valence-electron chi connectivity index (χ1n) is 6.73. The maximum Gasteiger partial charge on any atom is 0.189 e. The molecule has 0 fully saturated rings. The third-order valence-corrected chi connectivity index (χ3v) is 5.56. The van der Waals surface area contributed by atoms with Gasteiger partial charge in [0.2, 0.25) is 0 Å². The minimum absolute atomic E-state index is 0.204. The summed E-state index contributed by atoms with van der Waals surface area (Å²) >= 11 is 0. The van der Waals surface area contributed by atoms with Crippen LogP contribution in [-0.4, -0.2) is 22.1 Å². The standard InChI is InChI=1S/C16H19NO3S/c1-20-14-9-5-6-10-16(14)21(18,19)15(11-12-17)13-7-3-2-4-8-13/h2-10,15H,11-12,17H2,1H3. The summed E-state index contributed by atoms with van der Waals surface area (Å²) in [5.74, 6) is 0.357. The van der Waals surface area contributed by atoms with Crippen molar-refractivity contribution in [3.8, 4) is 5.75 Å². The third kappa shape index (κ3) is 3.25. The fraction of sp³-hybridized carbons (Fsp3) is 0.250. The van der Waals surface area contributed by atoms with E-state index < -0.39 is 15.1 Å². The van der Waals surface area contributed by atoms with E-state index in [0.717, 1.165) is 5.56 Å². The van der Waals surface area contributed by atoms with Crippen LogP contribution in [0.4, 0.5) is 0 Å². The molecule has 0 bridgehead atoms. The van der Waals surface area contributed by atoms with Gasteiger partial charge in [0, 0.05) is 0 Å². The van der Waals surface area contributed by atoms with Crippen molar-refractivity contribution in [2.75, 3.05) is 13.7 Å². The molecule has 0 aliphatic heterocycles. The minimum Gasteiger partial charge on any atom is -0.495 e. The van der Waals surface area contributed by atoms with E-state index in [1.165, 1.54) is 7.11 Å². The lowest BCUT2D eigenvalue weighted by atomic mass is 10.1. The molecule has 0 saturated heterocycles. The Morgan fingerprint density at radius 2 is 1.67 bits per heavy atom. The largest absolute Gasteiger partial charge is 0.495 e. The molecule has 2 rings (SSSR count). The second-order valence-electron chi connectivity index (χ2n) is 4.67. The van der Waals surface area contributed by atoms with E-state index in [1.807, 2.05) is 30.3 Å². The number of ether oxygens (including phenoxy) is 1. The molecular formula is C16H19NO3S. The van der Waals surface area contributed by atoms with Crippen LogP contribution in [0, 0.1) is 0 Å². The summed E-state index contributed by atoms with van der Waals surface area (Å²) in [6.45, 7) is 0.300. The molecule has 0 amide bonds. The fourth-order valence-corrected chi connectivity index (χ4v) is 4.30. The van der Waals surface area contributed by atoms with Gasteiger partial charge in [0.25, 0.3) is 0 Å². The molecule has 0 aliphatic rings. The first kappa shape index (κ1) is 15.5. The third-order valence-electron chi connectivity index (χ3n) is 3.35. The maximum absolute atomic E-state index is 13.0. The van der Waals surface area contributed by atoms with Crippen LogP contribution in [-0.2, 0) is 9.84 Å². The van der Waals surface area contributed by atoms with Crippen molar-refractivity contribution in [1.29, 1.82) is 0 Å². The first-order chi connectivity index (χ1) is 10.1. The Morgan fingerprint density at radius 1 is 1.05 bits per heavy atom. The van der Waals surface area contributed by atoms with Gasteiger partial charge in [0.05, 0.1) is 12.4 Å². The Kier molecular flexibility index (Phi) is 4.98. The van der Waals surface area contributed by atoms with E-state index in [4.69, 9.17) is 10.5 Å². The number of hydrogen-bond acceptors (Lipinski definition) is 4. The van der Waals surface area contributed by atoms with Crippen LogP contribution >= 0.6 is 0 Å². The molecule has 0 heterocycles. The van der Waals surface area contributed by atoms with Gasteiger partial charge in [-0.1, -0.05) is 42.5 Å². The first-order valence-corrected chi connectivity index (χ1v) is 8.28. The second kappa shape index (κ2) is 6.74. The summed E-state index contributed by atoms with van der Waals surface area (Å²) in [6, 6.07) is 15.8. The van der Waals surface area contributed by atoms with Crippen molar-refractivity contribution < 1.29 is 13.2 Å². The van der Waals surface area contributed by atoms with E-state index in [-0.39, 0.29) is 4.90 Å². The van der Waals surface area contributed by atoms with Crippen LogP contribution in [0.2, 0.25) is 0 Å². The normalized spacial score (nSPS) is 12.9. The molecule has 21 heavy (non-hydrogen) atoms. The summed E-state index contributed by atoms with van der Waals surface area (Å²) in [6.07, 6.45) is 0.365. The average molecular weight is 305 g/mol. The van der Waals surface area contributed by atoms with Crippen molar-refractivity contribution in [3.05, 3.63) is 60.2 Å². The number of benzene rings is 2. The minimum atomic E-state index is -3.56. The SMILES string of the molecule is COc1ccccc1S(=O)(=O)C(CCN)c1ccccc1. The van der Waals surface area contributed by atoms with E-state index in [1.54, 1.807) is 24.3 Å². The van der Waals surface area contributed by atoms with Gasteiger partial charge in [-0.2, -0.15) is 0 Å². The molecule has 112 valence electrons. The Hall–Kier alpha value is -1.85. The average Bonchev–Trinajstić information content (AvgIpc) is 2.53. The summed E-state index contributed by atoms with van der Waals surface area (Å²) in [7, 11) is -2.10. The van der Waals surface area contributed by atoms with Gasteiger partial charge in [-0.05, 0) is 30.7 Å². The predicted molar refractivity (Wildman–Crippen MR) is 83.0 cm³/mol. The molecule has 0 radical (unpaired) electrons. The van der Waals surface area contributed by atoms with Crippen molar-refractivity contribution >= 4 is 9.84 Å². The number of hydrogen-bond donors (Lipinski definition) is 1. The second-order valence-corrected chi connectivity index (χ2v) is 6.77. The molecule has 2 aromatic carbocycles. The molecule has 1 atom stereocenters. The lowest BCUT2D eigenvalue weighted by Gasteiger charge is -2.19. The van der Waals surface area contributed by atoms with Crippen LogP contribution in [0.3, 0.4) is 0 Å². The molecule has 0 aliphatic carbocycles. The topological polar surface area (TPSA) is 69.4 Å². The summed E-state index contributed by atoms with van der Waals surface area (Å²) < 4.78 is 31.1. The highest BCUT2D eigenvalue weighted by atomic mass is 32.2. The maximum atomic E-state index is 13.0. The lowest BCUT2D eigenvalue weighted by molar-refractivity contribution is 0.402. The monoisotopic (exact) mass is 305 g/mol. The molecule has 0 aromatic heterocycles. The van der Waals surface area contributed by atoms with Crippen molar-refractivity contribution in [2.45, 2.75) is 16.6 Å². The smallest absolute Gasteiger partial charge is 0.189 e. The highest BCUT2D eigenvalue weighted by molar-refractivity contribution is 7.91. The van der Waals surface area contributed by atoms with Crippen LogP contribution in [0.5, 0.6) is 5.75 Å². The highest BCUT2D eigenvalue weighted by Crippen LogP contribution is 2.35. The fourth-order valence-electron chi connectivity index (χ4n) is 2.33. The summed E-state index contributed by atoms with van der Waals surface area (Å²) in [5.41, 5.74) is 6.36. The van der Waals surface area contributed by atoms with E-state index in [9.17, 15) is 8.42 Å². The molecule has 0 saturated carbocycles. The van der Waals surface area contributed by atoms with Crippen LogP contribution in [0.15, 0.2) is 59.5 Å². The number of methoxy groups -OCH3 is 1. The molecule has 2 N–H and O–H groups in total. The Bertz CT molecular complexity index is 684. The van der Waals surface area contributed by atoms with Crippen molar-refractivity contribution in [3.63, 3.8) is 0 Å². The van der Waals surface area contributed by atoms with Gasteiger partial charge in [-0.15, -0.1) is 0 Å². The predicted octanol–water partition coefficient (Wildman–Crippen LogP) is 2.56. The van der Waals surface area contributed by atoms with Crippen molar-refractivity contribution in [2.24, 2.45) is 5.73 Å². The quantitative estimate of drug-likeness (QED) is 0.890. The Balaban J connectivity index is 2.53. The Labute approximate surface area is 125 Å². The lowest BCUT2D eigenvalue weighted by Crippen LogP contribution is -2.18. The van der Waals surface area contributed by atoms with Gasteiger partial charge in [0.1, 0.15) is 10.6 Å². The van der Waals surface area contributed by atoms with Crippen LogP contribution in [0.25, 0.3) is 0 Å². The van der Waals surface area contributed by atoms with Gasteiger partial charge in [0.15, 0.2) is 9.84 Å². The number of sulfone groups is 1. The molecule has 4 nitrogen and oxygen atoms in total. The molecule has 5 heteroatoms. The molecule has 1 unspecified atom stereocenters. The van der Waals surface area contributed by atoms with E-state index in [2.05, 4.69) is 0 Å². The van der Waals surface area contributed by atoms with Gasteiger partial charge in [-0.25, -0.2) is 8.42 Å². The summed E-state index contributed by atoms with van der Waals surface area (Å²) in [5, 5.41) is -0.667. The highest BCUT2D eigenvalue weighted by Gasteiger charge is 2.30.